The number of hydrogen-bond donors (Lipinski definition) is 1. The van der Waals surface area contributed by atoms with Crippen LogP contribution in [0.2, 0.25) is 0 Å². The lowest BCUT2D eigenvalue weighted by atomic mass is 9.94. The van der Waals surface area contributed by atoms with Crippen LogP contribution in [0.1, 0.15) is 32.3 Å². The maximum absolute atomic E-state index is 13.8. The number of carbonyl (C=O) groups is 1. The molecule has 0 heterocycles. The predicted octanol–water partition coefficient (Wildman–Crippen LogP) is 2.91. The number of rotatable bonds is 4. The Kier molecular flexibility index (Phi) is 3.56. The average molecular weight is 271 g/mol. The zero-order valence-electron chi connectivity index (χ0n) is 10.9. The molecule has 2 rings (SSSR count). The van der Waals surface area contributed by atoms with Crippen molar-refractivity contribution in [2.75, 3.05) is 6.54 Å². The third-order valence-corrected chi connectivity index (χ3v) is 3.41. The summed E-state index contributed by atoms with van der Waals surface area (Å²) in [6.07, 6.45) is 0.915. The van der Waals surface area contributed by atoms with Crippen molar-refractivity contribution in [2.24, 2.45) is 5.92 Å². The molecule has 5 heteroatoms. The fourth-order valence-electron chi connectivity index (χ4n) is 2.11. The topological polar surface area (TPSA) is 29.1 Å². The summed E-state index contributed by atoms with van der Waals surface area (Å²) < 4.78 is 39.9. The van der Waals surface area contributed by atoms with E-state index in [1.807, 2.05) is 13.8 Å². The van der Waals surface area contributed by atoms with Crippen molar-refractivity contribution >= 4 is 5.91 Å². The van der Waals surface area contributed by atoms with Crippen LogP contribution in [0.15, 0.2) is 12.1 Å². The number of halogens is 3. The van der Waals surface area contributed by atoms with Crippen LogP contribution in [0.3, 0.4) is 0 Å². The molecule has 19 heavy (non-hydrogen) atoms. The highest BCUT2D eigenvalue weighted by Crippen LogP contribution is 2.49. The third-order valence-electron chi connectivity index (χ3n) is 3.41. The smallest absolute Gasteiger partial charge is 0.230 e. The van der Waals surface area contributed by atoms with Gasteiger partial charge in [-0.2, -0.15) is 0 Å². The van der Waals surface area contributed by atoms with Gasteiger partial charge in [0.25, 0.3) is 0 Å². The molecule has 0 aromatic heterocycles. The minimum atomic E-state index is -1.51. The van der Waals surface area contributed by atoms with Gasteiger partial charge in [0.05, 0.1) is 5.41 Å². The summed E-state index contributed by atoms with van der Waals surface area (Å²) in [4.78, 5) is 12.1. The summed E-state index contributed by atoms with van der Waals surface area (Å²) in [7, 11) is 0. The molecule has 0 bridgehead atoms. The molecule has 0 saturated heterocycles. The molecular formula is C14H16F3NO. The van der Waals surface area contributed by atoms with E-state index < -0.39 is 22.9 Å². The first-order valence-corrected chi connectivity index (χ1v) is 6.31. The number of nitrogens with one attached hydrogen (secondary N) is 1. The first-order valence-electron chi connectivity index (χ1n) is 6.31. The van der Waals surface area contributed by atoms with Gasteiger partial charge in [-0.15, -0.1) is 0 Å². The molecule has 1 aliphatic rings. The maximum atomic E-state index is 13.8. The molecule has 2 nitrogen and oxygen atoms in total. The Labute approximate surface area is 110 Å². The van der Waals surface area contributed by atoms with E-state index in [0.717, 1.165) is 12.1 Å². The fraction of sp³-hybridized carbons (Fsp3) is 0.500. The highest BCUT2D eigenvalue weighted by atomic mass is 19.2. The minimum absolute atomic E-state index is 0.0485. The van der Waals surface area contributed by atoms with Crippen LogP contribution in [-0.2, 0) is 10.2 Å². The molecule has 0 spiro atoms. The van der Waals surface area contributed by atoms with Gasteiger partial charge in [0.2, 0.25) is 5.91 Å². The SMILES string of the molecule is CC(C)CNC(=O)C1(c2ccc(F)c(F)c2F)CC1. The second kappa shape index (κ2) is 4.87. The van der Waals surface area contributed by atoms with Crippen LogP contribution in [0.5, 0.6) is 0 Å². The largest absolute Gasteiger partial charge is 0.355 e. The second-order valence-corrected chi connectivity index (χ2v) is 5.41. The molecule has 1 aliphatic carbocycles. The molecule has 104 valence electrons. The summed E-state index contributed by atoms with van der Waals surface area (Å²) in [5.41, 5.74) is -1.07. The zero-order chi connectivity index (χ0) is 14.2. The van der Waals surface area contributed by atoms with Crippen LogP contribution < -0.4 is 5.32 Å². The van der Waals surface area contributed by atoms with Crippen molar-refractivity contribution in [1.82, 2.24) is 5.32 Å². The first-order chi connectivity index (χ1) is 8.88. The first kappa shape index (κ1) is 13.9. The Morgan fingerprint density at radius 2 is 1.89 bits per heavy atom. The molecule has 1 saturated carbocycles. The van der Waals surface area contributed by atoms with Crippen LogP contribution >= 0.6 is 0 Å². The summed E-state index contributed by atoms with van der Waals surface area (Å²) in [5, 5.41) is 2.72. The van der Waals surface area contributed by atoms with E-state index in [1.165, 1.54) is 0 Å². The number of carbonyl (C=O) groups excluding carboxylic acids is 1. The third kappa shape index (κ3) is 2.46. The molecule has 0 unspecified atom stereocenters. The summed E-state index contributed by atoms with van der Waals surface area (Å²) >= 11 is 0. The van der Waals surface area contributed by atoms with Gasteiger partial charge >= 0.3 is 0 Å². The molecule has 1 aromatic carbocycles. The van der Waals surface area contributed by atoms with Crippen LogP contribution in [0, 0.1) is 23.4 Å². The number of hydrogen-bond acceptors (Lipinski definition) is 1. The summed E-state index contributed by atoms with van der Waals surface area (Å²) in [6, 6.07) is 2.03. The Balaban J connectivity index is 2.26. The molecule has 0 aliphatic heterocycles. The van der Waals surface area contributed by atoms with E-state index in [9.17, 15) is 18.0 Å². The van der Waals surface area contributed by atoms with Gasteiger partial charge in [-0.25, -0.2) is 13.2 Å². The summed E-state index contributed by atoms with van der Waals surface area (Å²) in [6.45, 7) is 4.36. The van der Waals surface area contributed by atoms with Crippen LogP contribution in [0.4, 0.5) is 13.2 Å². The Bertz CT molecular complexity index is 510. The van der Waals surface area contributed by atoms with E-state index in [4.69, 9.17) is 0 Å². The van der Waals surface area contributed by atoms with E-state index >= 15 is 0 Å². The van der Waals surface area contributed by atoms with Crippen molar-refractivity contribution in [3.05, 3.63) is 35.1 Å². The van der Waals surface area contributed by atoms with E-state index in [1.54, 1.807) is 0 Å². The van der Waals surface area contributed by atoms with Gasteiger partial charge in [0, 0.05) is 12.1 Å². The standard InChI is InChI=1S/C14H16F3NO/c1-8(2)7-18-13(19)14(5-6-14)9-3-4-10(15)12(17)11(9)16/h3-4,8H,5-7H2,1-2H3,(H,18,19). The fourth-order valence-corrected chi connectivity index (χ4v) is 2.11. The van der Waals surface area contributed by atoms with E-state index in [-0.39, 0.29) is 17.4 Å². The molecule has 1 fully saturated rings. The van der Waals surface area contributed by atoms with E-state index in [2.05, 4.69) is 5.32 Å². The monoisotopic (exact) mass is 271 g/mol. The van der Waals surface area contributed by atoms with Gasteiger partial charge in [0.1, 0.15) is 0 Å². The minimum Gasteiger partial charge on any atom is -0.355 e. The highest BCUT2D eigenvalue weighted by molar-refractivity contribution is 5.91. The molecular weight excluding hydrogens is 255 g/mol. The number of amides is 1. The second-order valence-electron chi connectivity index (χ2n) is 5.41. The molecule has 1 N–H and O–H groups in total. The van der Waals surface area contributed by atoms with Crippen molar-refractivity contribution in [1.29, 1.82) is 0 Å². The van der Waals surface area contributed by atoms with Crippen molar-refractivity contribution in [3.63, 3.8) is 0 Å². The van der Waals surface area contributed by atoms with Crippen molar-refractivity contribution in [2.45, 2.75) is 32.1 Å². The normalized spacial score (nSPS) is 16.5. The Hall–Kier alpha value is -1.52. The lowest BCUT2D eigenvalue weighted by molar-refractivity contribution is -0.123. The highest BCUT2D eigenvalue weighted by Gasteiger charge is 2.53. The van der Waals surface area contributed by atoms with Crippen molar-refractivity contribution < 1.29 is 18.0 Å². The average Bonchev–Trinajstić information content (AvgIpc) is 3.14. The quantitative estimate of drug-likeness (QED) is 0.838. The lowest BCUT2D eigenvalue weighted by Crippen LogP contribution is -2.37. The maximum Gasteiger partial charge on any atom is 0.230 e. The predicted molar refractivity (Wildman–Crippen MR) is 65.1 cm³/mol. The van der Waals surface area contributed by atoms with Gasteiger partial charge in [0.15, 0.2) is 17.5 Å². The van der Waals surface area contributed by atoms with Crippen LogP contribution in [-0.4, -0.2) is 12.5 Å². The Morgan fingerprint density at radius 1 is 1.26 bits per heavy atom. The molecule has 0 atom stereocenters. The zero-order valence-corrected chi connectivity index (χ0v) is 10.9. The lowest BCUT2D eigenvalue weighted by Gasteiger charge is -2.17. The number of benzene rings is 1. The van der Waals surface area contributed by atoms with Crippen LogP contribution in [0.25, 0.3) is 0 Å². The Morgan fingerprint density at radius 3 is 2.42 bits per heavy atom. The summed E-state index contributed by atoms with van der Waals surface area (Å²) in [5.74, 6) is -4.04. The van der Waals surface area contributed by atoms with Gasteiger partial charge in [-0.05, 0) is 24.8 Å². The molecule has 0 radical (unpaired) electrons. The van der Waals surface area contributed by atoms with Crippen molar-refractivity contribution in [3.8, 4) is 0 Å². The van der Waals surface area contributed by atoms with Gasteiger partial charge < -0.3 is 5.32 Å². The molecule has 1 amide bonds. The van der Waals surface area contributed by atoms with Gasteiger partial charge in [-0.1, -0.05) is 19.9 Å². The molecule has 1 aromatic rings. The van der Waals surface area contributed by atoms with Gasteiger partial charge in [-0.3, -0.25) is 4.79 Å². The van der Waals surface area contributed by atoms with E-state index in [0.29, 0.717) is 19.4 Å².